The lowest BCUT2D eigenvalue weighted by Gasteiger charge is -2.34. The summed E-state index contributed by atoms with van der Waals surface area (Å²) < 4.78 is 11.0. The van der Waals surface area contributed by atoms with Gasteiger partial charge in [-0.1, -0.05) is 44.2 Å². The Morgan fingerprint density at radius 2 is 1.73 bits per heavy atom. The zero-order chi connectivity index (χ0) is 24.0. The van der Waals surface area contributed by atoms with Crippen LogP contribution >= 0.6 is 0 Å². The number of carbonyl (C=O) groups is 4. The van der Waals surface area contributed by atoms with Crippen LogP contribution in [-0.2, 0) is 19.1 Å². The average Bonchev–Trinajstić information content (AvgIpc) is 2.84. The van der Waals surface area contributed by atoms with E-state index in [2.05, 4.69) is 10.6 Å². The van der Waals surface area contributed by atoms with E-state index < -0.39 is 36.5 Å². The fourth-order valence-electron chi connectivity index (χ4n) is 3.38. The van der Waals surface area contributed by atoms with Gasteiger partial charge in [-0.15, -0.1) is 0 Å². The van der Waals surface area contributed by atoms with Crippen LogP contribution in [0.2, 0.25) is 0 Å². The molecule has 0 saturated carbocycles. The Morgan fingerprint density at radius 1 is 1.06 bits per heavy atom. The molecular formula is C24H27N3O6. The minimum absolute atomic E-state index is 0.0224. The summed E-state index contributed by atoms with van der Waals surface area (Å²) in [7, 11) is 1.48. The quantitative estimate of drug-likeness (QED) is 0.615. The van der Waals surface area contributed by atoms with Gasteiger partial charge in [0.2, 0.25) is 0 Å². The highest BCUT2D eigenvalue weighted by Gasteiger charge is 2.34. The first-order valence-electron chi connectivity index (χ1n) is 10.6. The van der Waals surface area contributed by atoms with Gasteiger partial charge in [0.1, 0.15) is 11.8 Å². The second-order valence-electron chi connectivity index (χ2n) is 7.86. The lowest BCUT2D eigenvalue weighted by molar-refractivity contribution is -0.151. The van der Waals surface area contributed by atoms with Gasteiger partial charge in [0.05, 0.1) is 12.2 Å². The average molecular weight is 453 g/mol. The number of carbonyl (C=O) groups excluding carboxylic acids is 4. The van der Waals surface area contributed by atoms with Crippen molar-refractivity contribution >= 4 is 29.4 Å². The van der Waals surface area contributed by atoms with Crippen molar-refractivity contribution in [3.8, 4) is 5.75 Å². The molecule has 2 aromatic rings. The molecule has 2 N–H and O–H groups in total. The summed E-state index contributed by atoms with van der Waals surface area (Å²) >= 11 is 0. The highest BCUT2D eigenvalue weighted by Crippen LogP contribution is 2.33. The van der Waals surface area contributed by atoms with Gasteiger partial charge < -0.3 is 25.0 Å². The van der Waals surface area contributed by atoms with Crippen LogP contribution in [0.5, 0.6) is 5.75 Å². The Bertz CT molecular complexity index is 1020. The van der Waals surface area contributed by atoms with Crippen LogP contribution in [0, 0.1) is 5.92 Å². The van der Waals surface area contributed by atoms with Gasteiger partial charge >= 0.3 is 5.97 Å². The molecule has 174 valence electrons. The van der Waals surface area contributed by atoms with E-state index in [0.717, 1.165) is 0 Å². The van der Waals surface area contributed by atoms with E-state index in [9.17, 15) is 19.2 Å². The van der Waals surface area contributed by atoms with Gasteiger partial charge in [-0.2, -0.15) is 0 Å². The summed E-state index contributed by atoms with van der Waals surface area (Å²) in [6, 6.07) is 14.4. The van der Waals surface area contributed by atoms with Crippen LogP contribution in [-0.4, -0.2) is 56.0 Å². The molecule has 0 aliphatic carbocycles. The molecule has 0 spiro atoms. The number of esters is 1. The van der Waals surface area contributed by atoms with E-state index in [1.54, 1.807) is 68.4 Å². The van der Waals surface area contributed by atoms with Crippen molar-refractivity contribution < 1.29 is 28.7 Å². The number of benzene rings is 2. The van der Waals surface area contributed by atoms with Crippen LogP contribution in [0.1, 0.15) is 24.2 Å². The van der Waals surface area contributed by atoms with Gasteiger partial charge in [0.15, 0.2) is 12.7 Å². The molecule has 3 rings (SSSR count). The third kappa shape index (κ3) is 5.68. The number of fused-ring (bicyclic) bond motifs is 1. The number of amides is 3. The first kappa shape index (κ1) is 23.8. The highest BCUT2D eigenvalue weighted by atomic mass is 16.5. The molecule has 1 heterocycles. The molecular weight excluding hydrogens is 426 g/mol. The van der Waals surface area contributed by atoms with Crippen LogP contribution < -0.4 is 20.3 Å². The Balaban J connectivity index is 1.67. The Kier molecular flexibility index (Phi) is 7.66. The Morgan fingerprint density at radius 3 is 2.39 bits per heavy atom. The molecule has 0 radical (unpaired) electrons. The van der Waals surface area contributed by atoms with Gasteiger partial charge in [-0.3, -0.25) is 14.4 Å². The topological polar surface area (TPSA) is 114 Å². The largest absolute Gasteiger partial charge is 0.477 e. The van der Waals surface area contributed by atoms with Crippen molar-refractivity contribution in [1.82, 2.24) is 10.6 Å². The summed E-state index contributed by atoms with van der Waals surface area (Å²) in [5.41, 5.74) is 0.897. The van der Waals surface area contributed by atoms with Crippen molar-refractivity contribution in [2.24, 2.45) is 5.92 Å². The predicted octanol–water partition coefficient (Wildman–Crippen LogP) is 1.52. The summed E-state index contributed by atoms with van der Waals surface area (Å²) in [5, 5.41) is 5.18. The molecule has 0 aromatic heterocycles. The number of para-hydroxylation sites is 2. The van der Waals surface area contributed by atoms with Crippen LogP contribution in [0.15, 0.2) is 54.6 Å². The molecule has 33 heavy (non-hydrogen) atoms. The summed E-state index contributed by atoms with van der Waals surface area (Å²) in [4.78, 5) is 51.6. The normalized spacial score (nSPS) is 15.6. The molecule has 1 aliphatic heterocycles. The number of rotatable bonds is 7. The minimum atomic E-state index is -0.930. The van der Waals surface area contributed by atoms with Gasteiger partial charge in [0, 0.05) is 12.6 Å². The van der Waals surface area contributed by atoms with Crippen molar-refractivity contribution in [2.45, 2.75) is 26.0 Å². The van der Waals surface area contributed by atoms with Crippen LogP contribution in [0.25, 0.3) is 0 Å². The van der Waals surface area contributed by atoms with Gasteiger partial charge in [-0.05, 0) is 30.2 Å². The first-order valence-corrected chi connectivity index (χ1v) is 10.6. The second-order valence-corrected chi connectivity index (χ2v) is 7.86. The van der Waals surface area contributed by atoms with Crippen LogP contribution in [0.3, 0.4) is 0 Å². The minimum Gasteiger partial charge on any atom is -0.477 e. The number of nitrogens with one attached hydrogen (secondary N) is 2. The molecule has 2 atom stereocenters. The SMILES string of the molecule is CNC(=O)[C@H]1CN(C(=O)COC(=O)[C@H](NC(=O)c2ccccc2)C(C)C)c2ccccc2O1. The molecule has 9 nitrogen and oxygen atoms in total. The smallest absolute Gasteiger partial charge is 0.329 e. The number of nitrogens with zero attached hydrogens (tertiary/aromatic N) is 1. The Labute approximate surface area is 192 Å². The van der Waals surface area contributed by atoms with Gasteiger partial charge in [-0.25, -0.2) is 4.79 Å². The van der Waals surface area contributed by atoms with E-state index in [-0.39, 0.29) is 18.4 Å². The fraction of sp³-hybridized carbons (Fsp3) is 0.333. The van der Waals surface area contributed by atoms with Crippen molar-refractivity contribution in [3.05, 3.63) is 60.2 Å². The van der Waals surface area contributed by atoms with E-state index >= 15 is 0 Å². The third-order valence-electron chi connectivity index (χ3n) is 5.19. The molecule has 0 fully saturated rings. The predicted molar refractivity (Wildman–Crippen MR) is 121 cm³/mol. The van der Waals surface area contributed by atoms with E-state index in [1.807, 2.05) is 0 Å². The Hall–Kier alpha value is -3.88. The number of ether oxygens (including phenoxy) is 2. The molecule has 3 amide bonds. The molecule has 0 saturated heterocycles. The van der Waals surface area contributed by atoms with Crippen molar-refractivity contribution in [1.29, 1.82) is 0 Å². The van der Waals surface area contributed by atoms with Crippen LogP contribution in [0.4, 0.5) is 5.69 Å². The molecule has 2 aromatic carbocycles. The zero-order valence-electron chi connectivity index (χ0n) is 18.7. The maximum Gasteiger partial charge on any atom is 0.329 e. The molecule has 0 bridgehead atoms. The fourth-order valence-corrected chi connectivity index (χ4v) is 3.38. The number of hydrogen-bond acceptors (Lipinski definition) is 6. The number of anilines is 1. The van der Waals surface area contributed by atoms with Crippen molar-refractivity contribution in [3.63, 3.8) is 0 Å². The van der Waals surface area contributed by atoms with Crippen molar-refractivity contribution in [2.75, 3.05) is 25.1 Å². The van der Waals surface area contributed by atoms with E-state index in [1.165, 1.54) is 11.9 Å². The monoisotopic (exact) mass is 453 g/mol. The second kappa shape index (κ2) is 10.6. The lowest BCUT2D eigenvalue weighted by Crippen LogP contribution is -2.51. The third-order valence-corrected chi connectivity index (χ3v) is 5.19. The maximum atomic E-state index is 12.9. The number of hydrogen-bond donors (Lipinski definition) is 2. The van der Waals surface area contributed by atoms with Gasteiger partial charge in [0.25, 0.3) is 17.7 Å². The summed E-state index contributed by atoms with van der Waals surface area (Å²) in [6.07, 6.45) is -0.891. The lowest BCUT2D eigenvalue weighted by atomic mass is 10.0. The standard InChI is InChI=1S/C24H27N3O6/c1-15(2)21(26-22(29)16-9-5-4-6-10-16)24(31)32-14-20(28)27-13-19(23(30)25-3)33-18-12-8-7-11-17(18)27/h4-12,15,19,21H,13-14H2,1-3H3,(H,25,30)(H,26,29)/t19-,21-/m1/s1. The summed E-state index contributed by atoms with van der Waals surface area (Å²) in [5.74, 6) is -1.89. The molecule has 0 unspecified atom stereocenters. The zero-order valence-corrected chi connectivity index (χ0v) is 18.7. The number of likely N-dealkylation sites (N-methyl/N-ethyl adjacent to an activating group) is 1. The van der Waals surface area contributed by atoms with E-state index in [4.69, 9.17) is 9.47 Å². The molecule has 9 heteroatoms. The van der Waals surface area contributed by atoms with E-state index in [0.29, 0.717) is 17.0 Å². The first-order chi connectivity index (χ1) is 15.8. The summed E-state index contributed by atoms with van der Waals surface area (Å²) in [6.45, 7) is 2.97. The highest BCUT2D eigenvalue weighted by molar-refractivity contribution is 6.00. The molecule has 1 aliphatic rings. The maximum absolute atomic E-state index is 12.9.